The van der Waals surface area contributed by atoms with Crippen molar-refractivity contribution in [2.75, 3.05) is 11.6 Å². The summed E-state index contributed by atoms with van der Waals surface area (Å²) >= 11 is 7.93. The zero-order chi connectivity index (χ0) is 25.3. The Kier molecular flexibility index (Phi) is 6.44. The third-order valence-corrected chi connectivity index (χ3v) is 7.92. The van der Waals surface area contributed by atoms with E-state index in [1.807, 2.05) is 36.4 Å². The van der Waals surface area contributed by atoms with E-state index < -0.39 is 15.7 Å². The number of pyridine rings is 1. The first-order valence-corrected chi connectivity index (χ1v) is 13.9. The fraction of sp³-hybridized carbons (Fsp3) is 0.0385. The molecule has 0 spiro atoms. The van der Waals surface area contributed by atoms with Crippen LogP contribution in [0.2, 0.25) is 5.02 Å². The number of nitrogens with zero attached hydrogens (tertiary/aromatic N) is 3. The molecule has 0 unspecified atom stereocenters. The summed E-state index contributed by atoms with van der Waals surface area (Å²) in [6.45, 7) is 0. The molecule has 180 valence electrons. The number of thiophene rings is 1. The summed E-state index contributed by atoms with van der Waals surface area (Å²) in [5.41, 5.74) is 2.28. The van der Waals surface area contributed by atoms with Gasteiger partial charge in [-0.3, -0.25) is 4.79 Å². The average molecular weight is 535 g/mol. The second-order valence-electron chi connectivity index (χ2n) is 7.91. The molecule has 2 aromatic carbocycles. The number of sulfone groups is 1. The van der Waals surface area contributed by atoms with Gasteiger partial charge in [0.25, 0.3) is 5.91 Å². The van der Waals surface area contributed by atoms with Crippen LogP contribution >= 0.6 is 22.9 Å². The van der Waals surface area contributed by atoms with E-state index in [9.17, 15) is 13.2 Å². The van der Waals surface area contributed by atoms with E-state index in [2.05, 4.69) is 15.4 Å². The predicted molar refractivity (Wildman–Crippen MR) is 143 cm³/mol. The van der Waals surface area contributed by atoms with E-state index >= 15 is 0 Å². The molecule has 0 radical (unpaired) electrons. The van der Waals surface area contributed by atoms with Gasteiger partial charge in [0.2, 0.25) is 0 Å². The van der Waals surface area contributed by atoms with Crippen molar-refractivity contribution < 1.29 is 13.2 Å². The van der Waals surface area contributed by atoms with Crippen LogP contribution in [0.5, 0.6) is 0 Å². The van der Waals surface area contributed by atoms with Gasteiger partial charge in [-0.15, -0.1) is 11.3 Å². The van der Waals surface area contributed by atoms with E-state index in [1.165, 1.54) is 17.6 Å². The summed E-state index contributed by atoms with van der Waals surface area (Å²) in [5.74, 6) is 0.0129. The summed E-state index contributed by atoms with van der Waals surface area (Å²) in [6.07, 6.45) is 2.78. The largest absolute Gasteiger partial charge is 0.305 e. The first-order chi connectivity index (χ1) is 17.3. The van der Waals surface area contributed by atoms with Crippen LogP contribution < -0.4 is 5.32 Å². The molecule has 5 aromatic rings. The summed E-state index contributed by atoms with van der Waals surface area (Å²) < 4.78 is 25.7. The van der Waals surface area contributed by atoms with Crippen LogP contribution in [0.15, 0.2) is 96.0 Å². The third-order valence-electron chi connectivity index (χ3n) is 5.33. The Bertz CT molecular complexity index is 1680. The van der Waals surface area contributed by atoms with Gasteiger partial charge in [0.15, 0.2) is 15.5 Å². The monoisotopic (exact) mass is 534 g/mol. The maximum atomic E-state index is 13.0. The zero-order valence-corrected chi connectivity index (χ0v) is 21.3. The van der Waals surface area contributed by atoms with E-state index in [0.717, 1.165) is 15.3 Å². The summed E-state index contributed by atoms with van der Waals surface area (Å²) in [7, 11) is -3.33. The summed E-state index contributed by atoms with van der Waals surface area (Å²) in [6, 6.07) is 24.8. The zero-order valence-electron chi connectivity index (χ0n) is 18.9. The highest BCUT2D eigenvalue weighted by Gasteiger charge is 2.20. The number of carbonyl (C=O) groups excluding carboxylic acids is 1. The Morgan fingerprint density at radius 2 is 1.72 bits per heavy atom. The van der Waals surface area contributed by atoms with Crippen LogP contribution in [-0.2, 0) is 9.84 Å². The predicted octanol–water partition coefficient (Wildman–Crippen LogP) is 5.97. The van der Waals surface area contributed by atoms with Crippen LogP contribution in [0, 0.1) is 0 Å². The number of amides is 1. The summed E-state index contributed by atoms with van der Waals surface area (Å²) in [5, 5.41) is 7.80. The number of benzene rings is 2. The Morgan fingerprint density at radius 3 is 2.47 bits per heavy atom. The minimum atomic E-state index is -3.33. The molecule has 0 saturated carbocycles. The molecule has 3 heterocycles. The van der Waals surface area contributed by atoms with Crippen LogP contribution in [0.25, 0.3) is 26.7 Å². The standard InChI is InChI=1S/C26H19ClN4O3S2/c1-36(33,34)18-8-6-7-17(15-18)23-12-13-24(35-23)22-16-20(26(32)29-25-11-4-5-14-28-25)30-31(22)21-10-3-2-9-19(21)27/h2-16H,1H3,(H,28,29,32). The molecular weight excluding hydrogens is 516 g/mol. The van der Waals surface area contributed by atoms with Crippen molar-refractivity contribution in [1.82, 2.24) is 14.8 Å². The Hall–Kier alpha value is -3.79. The molecule has 0 aliphatic heterocycles. The number of hydrogen-bond donors (Lipinski definition) is 1. The number of aromatic nitrogens is 3. The van der Waals surface area contributed by atoms with E-state index in [0.29, 0.717) is 22.2 Å². The van der Waals surface area contributed by atoms with Gasteiger partial charge in [0.1, 0.15) is 5.82 Å². The fourth-order valence-corrected chi connectivity index (χ4v) is 5.49. The van der Waals surface area contributed by atoms with Gasteiger partial charge in [-0.05, 0) is 60.2 Å². The fourth-order valence-electron chi connectivity index (χ4n) is 3.60. The van der Waals surface area contributed by atoms with Crippen molar-refractivity contribution in [3.05, 3.63) is 102 Å². The number of carbonyl (C=O) groups is 1. The molecule has 36 heavy (non-hydrogen) atoms. The molecule has 1 amide bonds. The molecule has 7 nitrogen and oxygen atoms in total. The SMILES string of the molecule is CS(=O)(=O)c1cccc(-c2ccc(-c3cc(C(=O)Nc4ccccn4)nn3-c3ccccc3Cl)s2)c1. The van der Waals surface area contributed by atoms with Gasteiger partial charge in [0, 0.05) is 17.3 Å². The number of hydrogen-bond acceptors (Lipinski definition) is 6. The van der Waals surface area contributed by atoms with Gasteiger partial charge in [-0.1, -0.05) is 41.9 Å². The molecule has 0 bridgehead atoms. The third kappa shape index (κ3) is 4.94. The maximum absolute atomic E-state index is 13.0. The van der Waals surface area contributed by atoms with Crippen molar-refractivity contribution >= 4 is 44.5 Å². The minimum Gasteiger partial charge on any atom is -0.305 e. The number of anilines is 1. The van der Waals surface area contributed by atoms with Crippen LogP contribution in [-0.4, -0.2) is 35.3 Å². The van der Waals surface area contributed by atoms with Gasteiger partial charge >= 0.3 is 0 Å². The number of halogens is 1. The van der Waals surface area contributed by atoms with E-state index in [4.69, 9.17) is 11.6 Å². The van der Waals surface area contributed by atoms with Gasteiger partial charge in [0.05, 0.1) is 26.2 Å². The van der Waals surface area contributed by atoms with Crippen molar-refractivity contribution in [2.24, 2.45) is 0 Å². The number of rotatable bonds is 6. The average Bonchev–Trinajstić information content (AvgIpc) is 3.52. The molecule has 0 aliphatic carbocycles. The molecular formula is C26H19ClN4O3S2. The molecule has 0 aliphatic rings. The van der Waals surface area contributed by atoms with Gasteiger partial charge in [-0.25, -0.2) is 18.1 Å². The van der Waals surface area contributed by atoms with Crippen LogP contribution in [0.3, 0.4) is 0 Å². The number of para-hydroxylation sites is 1. The first kappa shape index (κ1) is 23.9. The topological polar surface area (TPSA) is 93.9 Å². The lowest BCUT2D eigenvalue weighted by Crippen LogP contribution is -2.14. The quantitative estimate of drug-likeness (QED) is 0.289. The highest BCUT2D eigenvalue weighted by molar-refractivity contribution is 7.90. The highest BCUT2D eigenvalue weighted by atomic mass is 35.5. The maximum Gasteiger partial charge on any atom is 0.277 e. The highest BCUT2D eigenvalue weighted by Crippen LogP contribution is 2.37. The molecule has 0 fully saturated rings. The Labute approximate surface area is 216 Å². The van der Waals surface area contributed by atoms with Crippen molar-refractivity contribution in [1.29, 1.82) is 0 Å². The number of nitrogens with one attached hydrogen (secondary N) is 1. The molecule has 1 N–H and O–H groups in total. The lowest BCUT2D eigenvalue weighted by atomic mass is 10.2. The van der Waals surface area contributed by atoms with E-state index in [-0.39, 0.29) is 10.6 Å². The Balaban J connectivity index is 1.57. The van der Waals surface area contributed by atoms with Gasteiger partial charge < -0.3 is 5.32 Å². The van der Waals surface area contributed by atoms with Crippen molar-refractivity contribution in [3.8, 4) is 26.7 Å². The lowest BCUT2D eigenvalue weighted by molar-refractivity contribution is 0.102. The molecule has 3 aromatic heterocycles. The minimum absolute atomic E-state index is 0.199. The second-order valence-corrected chi connectivity index (χ2v) is 11.4. The Morgan fingerprint density at radius 1 is 0.944 bits per heavy atom. The molecule has 0 atom stereocenters. The van der Waals surface area contributed by atoms with Crippen molar-refractivity contribution in [3.63, 3.8) is 0 Å². The molecule has 10 heteroatoms. The van der Waals surface area contributed by atoms with Crippen LogP contribution in [0.4, 0.5) is 5.82 Å². The smallest absolute Gasteiger partial charge is 0.277 e. The van der Waals surface area contributed by atoms with E-state index in [1.54, 1.807) is 59.4 Å². The van der Waals surface area contributed by atoms with Crippen molar-refractivity contribution in [2.45, 2.75) is 4.90 Å². The van der Waals surface area contributed by atoms with Crippen LogP contribution in [0.1, 0.15) is 10.5 Å². The summed E-state index contributed by atoms with van der Waals surface area (Å²) in [4.78, 5) is 19.1. The van der Waals surface area contributed by atoms with Gasteiger partial charge in [-0.2, -0.15) is 5.10 Å². The first-order valence-electron chi connectivity index (χ1n) is 10.8. The lowest BCUT2D eigenvalue weighted by Gasteiger charge is -2.08. The molecule has 5 rings (SSSR count). The second kappa shape index (κ2) is 9.69. The normalized spacial score (nSPS) is 11.4. The molecule has 0 saturated heterocycles.